The summed E-state index contributed by atoms with van der Waals surface area (Å²) in [7, 11) is 0. The third-order valence-corrected chi connectivity index (χ3v) is 5.65. The normalized spacial score (nSPS) is 32.9. The molecule has 4 rings (SSSR count). The van der Waals surface area contributed by atoms with Crippen LogP contribution in [0.5, 0.6) is 0 Å². The fourth-order valence-electron chi connectivity index (χ4n) is 4.31. The fourth-order valence-corrected chi connectivity index (χ4v) is 4.31. The Balaban J connectivity index is 1.23. The summed E-state index contributed by atoms with van der Waals surface area (Å²) in [6.45, 7) is 3.59. The highest BCUT2D eigenvalue weighted by atomic mass is 15.1. The first-order valence-corrected chi connectivity index (χ1v) is 8.57. The number of hydrogen-bond acceptors (Lipinski definition) is 2. The van der Waals surface area contributed by atoms with Gasteiger partial charge in [-0.3, -0.25) is 4.90 Å². The van der Waals surface area contributed by atoms with Crippen molar-refractivity contribution in [3.8, 4) is 0 Å². The first-order valence-electron chi connectivity index (χ1n) is 8.57. The van der Waals surface area contributed by atoms with Crippen LogP contribution in [0.3, 0.4) is 0 Å². The molecule has 3 atom stereocenters. The molecule has 0 spiro atoms. The lowest BCUT2D eigenvalue weighted by molar-refractivity contribution is 0.120. The number of nitrogens with zero attached hydrogens (tertiary/aromatic N) is 1. The zero-order valence-corrected chi connectivity index (χ0v) is 12.7. The van der Waals surface area contributed by atoms with Gasteiger partial charge in [-0.1, -0.05) is 42.5 Å². The summed E-state index contributed by atoms with van der Waals surface area (Å²) in [6, 6.07) is 12.4. The highest BCUT2D eigenvalue weighted by molar-refractivity contribution is 5.15. The van der Waals surface area contributed by atoms with Gasteiger partial charge in [0.1, 0.15) is 0 Å². The van der Waals surface area contributed by atoms with Crippen molar-refractivity contribution in [2.45, 2.75) is 44.3 Å². The Morgan fingerprint density at radius 1 is 1.10 bits per heavy atom. The minimum Gasteiger partial charge on any atom is -0.311 e. The van der Waals surface area contributed by atoms with Gasteiger partial charge in [0.15, 0.2) is 0 Å². The van der Waals surface area contributed by atoms with Crippen molar-refractivity contribution < 1.29 is 0 Å². The SMILES string of the molecule is C1=C[C@H]2[C@H](C1)C[C@H]2NC1CCN(Cc2ccccc2)CC1. The Bertz CT molecular complexity index is 488. The molecule has 0 aromatic heterocycles. The zero-order chi connectivity index (χ0) is 14.1. The molecule has 0 unspecified atom stereocenters. The second-order valence-electron chi connectivity index (χ2n) is 7.05. The number of likely N-dealkylation sites (tertiary alicyclic amines) is 1. The highest BCUT2D eigenvalue weighted by Gasteiger charge is 2.41. The number of rotatable bonds is 4. The number of piperidine rings is 1. The maximum atomic E-state index is 3.93. The molecule has 1 aromatic rings. The maximum Gasteiger partial charge on any atom is 0.0233 e. The van der Waals surface area contributed by atoms with Crippen molar-refractivity contribution in [3.05, 3.63) is 48.0 Å². The minimum atomic E-state index is 0.747. The largest absolute Gasteiger partial charge is 0.311 e. The quantitative estimate of drug-likeness (QED) is 0.853. The highest BCUT2D eigenvalue weighted by Crippen LogP contribution is 2.43. The summed E-state index contributed by atoms with van der Waals surface area (Å²) in [5.74, 6) is 1.83. The van der Waals surface area contributed by atoms with E-state index in [1.165, 1.54) is 44.3 Å². The van der Waals surface area contributed by atoms with Crippen molar-refractivity contribution in [2.24, 2.45) is 11.8 Å². The fraction of sp³-hybridized carbons (Fsp3) is 0.579. The van der Waals surface area contributed by atoms with E-state index < -0.39 is 0 Å². The van der Waals surface area contributed by atoms with Gasteiger partial charge in [-0.15, -0.1) is 0 Å². The van der Waals surface area contributed by atoms with Crippen molar-refractivity contribution in [3.63, 3.8) is 0 Å². The summed E-state index contributed by atoms with van der Waals surface area (Å²) < 4.78 is 0. The number of nitrogens with one attached hydrogen (secondary N) is 1. The molecule has 112 valence electrons. The van der Waals surface area contributed by atoms with Gasteiger partial charge in [0.2, 0.25) is 0 Å². The Morgan fingerprint density at radius 2 is 1.90 bits per heavy atom. The zero-order valence-electron chi connectivity index (χ0n) is 12.7. The molecular weight excluding hydrogens is 256 g/mol. The standard InChI is InChI=1S/C19H26N2/c1-2-5-15(6-3-1)14-21-11-9-17(10-12-21)20-19-13-16-7-4-8-18(16)19/h1-6,8,16-20H,7,9-14H2/t16-,18+,19-/m1/s1. The van der Waals surface area contributed by atoms with Crippen LogP contribution in [0.4, 0.5) is 0 Å². The summed E-state index contributed by atoms with van der Waals surface area (Å²) in [5, 5.41) is 3.93. The smallest absolute Gasteiger partial charge is 0.0233 e. The van der Waals surface area contributed by atoms with Gasteiger partial charge in [0.25, 0.3) is 0 Å². The monoisotopic (exact) mass is 282 g/mol. The van der Waals surface area contributed by atoms with Crippen LogP contribution < -0.4 is 5.32 Å². The predicted octanol–water partition coefficient (Wildman–Crippen LogP) is 3.21. The number of fused-ring (bicyclic) bond motifs is 1. The molecule has 21 heavy (non-hydrogen) atoms. The van der Waals surface area contributed by atoms with Crippen molar-refractivity contribution in [2.75, 3.05) is 13.1 Å². The van der Waals surface area contributed by atoms with E-state index in [-0.39, 0.29) is 0 Å². The summed E-state index contributed by atoms with van der Waals surface area (Å²) >= 11 is 0. The average Bonchev–Trinajstić information content (AvgIpc) is 2.89. The van der Waals surface area contributed by atoms with Crippen LogP contribution in [0.2, 0.25) is 0 Å². The van der Waals surface area contributed by atoms with Crippen LogP contribution in [0, 0.1) is 11.8 Å². The van der Waals surface area contributed by atoms with E-state index in [1.807, 2.05) is 0 Å². The predicted molar refractivity (Wildman–Crippen MR) is 87.0 cm³/mol. The minimum absolute atomic E-state index is 0.747. The molecule has 2 aliphatic carbocycles. The van der Waals surface area contributed by atoms with Crippen LogP contribution in [-0.4, -0.2) is 30.1 Å². The van der Waals surface area contributed by atoms with Crippen molar-refractivity contribution >= 4 is 0 Å². The molecule has 1 N–H and O–H groups in total. The molecule has 3 aliphatic rings. The van der Waals surface area contributed by atoms with Gasteiger partial charge in [-0.05, 0) is 56.2 Å². The van der Waals surface area contributed by atoms with Crippen molar-refractivity contribution in [1.82, 2.24) is 10.2 Å². The molecular formula is C19H26N2. The Labute approximate surface area is 128 Å². The van der Waals surface area contributed by atoms with Crippen LogP contribution >= 0.6 is 0 Å². The lowest BCUT2D eigenvalue weighted by Gasteiger charge is -2.44. The molecule has 2 fully saturated rings. The van der Waals surface area contributed by atoms with Crippen LogP contribution in [0.15, 0.2) is 42.5 Å². The third-order valence-electron chi connectivity index (χ3n) is 5.65. The van der Waals surface area contributed by atoms with E-state index in [0.717, 1.165) is 30.5 Å². The van der Waals surface area contributed by atoms with Gasteiger partial charge < -0.3 is 5.32 Å². The molecule has 0 radical (unpaired) electrons. The first kappa shape index (κ1) is 13.5. The Morgan fingerprint density at radius 3 is 2.67 bits per heavy atom. The maximum absolute atomic E-state index is 3.93. The molecule has 1 aromatic carbocycles. The van der Waals surface area contributed by atoms with E-state index >= 15 is 0 Å². The van der Waals surface area contributed by atoms with Crippen molar-refractivity contribution in [1.29, 1.82) is 0 Å². The molecule has 2 nitrogen and oxygen atoms in total. The Hall–Kier alpha value is -1.12. The molecule has 0 bridgehead atoms. The van der Waals surface area contributed by atoms with Gasteiger partial charge in [0.05, 0.1) is 0 Å². The van der Waals surface area contributed by atoms with E-state index in [4.69, 9.17) is 0 Å². The second-order valence-corrected chi connectivity index (χ2v) is 7.05. The van der Waals surface area contributed by atoms with Crippen LogP contribution in [-0.2, 0) is 6.54 Å². The van der Waals surface area contributed by atoms with Gasteiger partial charge in [0, 0.05) is 18.6 Å². The Kier molecular flexibility index (Phi) is 3.83. The molecule has 1 aliphatic heterocycles. The number of benzene rings is 1. The van der Waals surface area contributed by atoms with Crippen LogP contribution in [0.25, 0.3) is 0 Å². The van der Waals surface area contributed by atoms with E-state index in [2.05, 4.69) is 52.7 Å². The molecule has 0 amide bonds. The third kappa shape index (κ3) is 2.93. The summed E-state index contributed by atoms with van der Waals surface area (Å²) in [4.78, 5) is 2.60. The van der Waals surface area contributed by atoms with E-state index in [0.29, 0.717) is 0 Å². The molecule has 1 heterocycles. The first-order chi connectivity index (χ1) is 10.4. The number of allylic oxidation sites excluding steroid dienone is 1. The molecule has 1 saturated heterocycles. The summed E-state index contributed by atoms with van der Waals surface area (Å²) in [5.41, 5.74) is 1.45. The topological polar surface area (TPSA) is 15.3 Å². The number of hydrogen-bond donors (Lipinski definition) is 1. The van der Waals surface area contributed by atoms with Gasteiger partial charge in [-0.2, -0.15) is 0 Å². The van der Waals surface area contributed by atoms with E-state index in [1.54, 1.807) is 0 Å². The van der Waals surface area contributed by atoms with Gasteiger partial charge >= 0.3 is 0 Å². The summed E-state index contributed by atoms with van der Waals surface area (Å²) in [6.07, 6.45) is 10.2. The molecule has 2 heteroatoms. The lowest BCUT2D eigenvalue weighted by atomic mass is 9.71. The average molecular weight is 282 g/mol. The molecule has 1 saturated carbocycles. The lowest BCUT2D eigenvalue weighted by Crippen LogP contribution is -2.54. The van der Waals surface area contributed by atoms with Crippen LogP contribution in [0.1, 0.15) is 31.2 Å². The second kappa shape index (κ2) is 5.94. The van der Waals surface area contributed by atoms with E-state index in [9.17, 15) is 0 Å². The van der Waals surface area contributed by atoms with Gasteiger partial charge in [-0.25, -0.2) is 0 Å².